The lowest BCUT2D eigenvalue weighted by molar-refractivity contribution is 0.0969. The zero-order chi connectivity index (χ0) is 14.7. The number of aromatic nitrogens is 1. The Labute approximate surface area is 125 Å². The first-order valence-electron chi connectivity index (χ1n) is 6.29. The largest absolute Gasteiger partial charge is 0.382 e. The molecule has 1 heterocycles. The fourth-order valence-corrected chi connectivity index (χ4v) is 3.70. The van der Waals surface area contributed by atoms with Gasteiger partial charge in [0.15, 0.2) is 4.34 Å². The molecular weight excluding hydrogens is 297 g/mol. The molecule has 108 valence electrons. The number of nitrogens with zero attached hydrogens (tertiary/aromatic N) is 1. The Balaban J connectivity index is 2.18. The van der Waals surface area contributed by atoms with Gasteiger partial charge in [0.2, 0.25) is 0 Å². The third kappa shape index (κ3) is 3.21. The van der Waals surface area contributed by atoms with Gasteiger partial charge in [-0.15, -0.1) is 11.3 Å². The van der Waals surface area contributed by atoms with Crippen molar-refractivity contribution in [1.82, 2.24) is 10.3 Å². The van der Waals surface area contributed by atoms with Crippen molar-refractivity contribution in [3.63, 3.8) is 0 Å². The lowest BCUT2D eigenvalue weighted by Gasteiger charge is -2.15. The van der Waals surface area contributed by atoms with Gasteiger partial charge in [-0.05, 0) is 37.2 Å². The van der Waals surface area contributed by atoms with Crippen molar-refractivity contribution in [2.45, 2.75) is 31.0 Å². The van der Waals surface area contributed by atoms with Crippen LogP contribution in [0.2, 0.25) is 0 Å². The summed E-state index contributed by atoms with van der Waals surface area (Å²) in [6.45, 7) is 3.81. The van der Waals surface area contributed by atoms with E-state index in [4.69, 9.17) is 5.73 Å². The van der Waals surface area contributed by atoms with Crippen molar-refractivity contribution in [3.8, 4) is 0 Å². The van der Waals surface area contributed by atoms with Crippen LogP contribution in [0.25, 0.3) is 0 Å². The molecule has 3 N–H and O–H groups in total. The third-order valence-corrected chi connectivity index (χ3v) is 4.95. The van der Waals surface area contributed by atoms with Gasteiger partial charge in [0.05, 0.1) is 5.70 Å². The molecule has 0 saturated carbocycles. The Morgan fingerprint density at radius 1 is 1.65 bits per heavy atom. The van der Waals surface area contributed by atoms with Gasteiger partial charge < -0.3 is 11.1 Å². The zero-order valence-electron chi connectivity index (χ0n) is 11.3. The average molecular weight is 313 g/mol. The van der Waals surface area contributed by atoms with E-state index in [2.05, 4.69) is 10.3 Å². The molecule has 1 aliphatic rings. The monoisotopic (exact) mass is 313 g/mol. The summed E-state index contributed by atoms with van der Waals surface area (Å²) in [5.74, 6) is 0.272. The van der Waals surface area contributed by atoms with Gasteiger partial charge in [-0.3, -0.25) is 4.79 Å². The Bertz CT molecular complexity index is 592. The van der Waals surface area contributed by atoms with E-state index >= 15 is 0 Å². The molecule has 0 aromatic carbocycles. The predicted molar refractivity (Wildman–Crippen MR) is 81.5 cm³/mol. The van der Waals surface area contributed by atoms with Crippen LogP contribution in [0.4, 0.5) is 10.2 Å². The molecule has 0 saturated heterocycles. The molecule has 7 heteroatoms. The summed E-state index contributed by atoms with van der Waals surface area (Å²) in [7, 11) is 0. The first kappa shape index (κ1) is 15.1. The van der Waals surface area contributed by atoms with Gasteiger partial charge in [-0.25, -0.2) is 9.37 Å². The highest BCUT2D eigenvalue weighted by molar-refractivity contribution is 8.01. The first-order chi connectivity index (χ1) is 9.52. The van der Waals surface area contributed by atoms with Gasteiger partial charge in [-0.1, -0.05) is 18.7 Å². The van der Waals surface area contributed by atoms with Crippen molar-refractivity contribution in [1.29, 1.82) is 0 Å². The van der Waals surface area contributed by atoms with Gasteiger partial charge in [0.1, 0.15) is 16.5 Å². The normalized spacial score (nSPS) is 15.2. The molecule has 0 radical (unpaired) electrons. The van der Waals surface area contributed by atoms with Crippen molar-refractivity contribution >= 4 is 34.8 Å². The van der Waals surface area contributed by atoms with Crippen LogP contribution in [-0.4, -0.2) is 16.6 Å². The van der Waals surface area contributed by atoms with Crippen LogP contribution in [0, 0.1) is 0 Å². The minimum atomic E-state index is -0.400. The van der Waals surface area contributed by atoms with Gasteiger partial charge >= 0.3 is 0 Å². The molecule has 0 spiro atoms. The number of thiazole rings is 1. The summed E-state index contributed by atoms with van der Waals surface area (Å²) in [4.78, 5) is 16.6. The molecule has 1 aliphatic carbocycles. The highest BCUT2D eigenvalue weighted by Crippen LogP contribution is 2.30. The Morgan fingerprint density at radius 3 is 3.05 bits per heavy atom. The second kappa shape index (κ2) is 6.41. The molecule has 1 amide bonds. The maximum absolute atomic E-state index is 13.7. The quantitative estimate of drug-likeness (QED) is 0.835. The minimum absolute atomic E-state index is 0.196. The number of carbonyl (C=O) groups is 1. The van der Waals surface area contributed by atoms with Crippen molar-refractivity contribution in [2.24, 2.45) is 0 Å². The zero-order valence-corrected chi connectivity index (χ0v) is 13.0. The number of allylic oxidation sites excluding steroid dienone is 3. The van der Waals surface area contributed by atoms with E-state index in [1.54, 1.807) is 0 Å². The van der Waals surface area contributed by atoms with E-state index in [0.717, 1.165) is 22.1 Å². The average Bonchev–Trinajstić information content (AvgIpc) is 2.75. The number of amides is 1. The fourth-order valence-electron chi connectivity index (χ4n) is 1.84. The maximum Gasteiger partial charge on any atom is 0.269 e. The summed E-state index contributed by atoms with van der Waals surface area (Å²) in [6, 6.07) is 0. The van der Waals surface area contributed by atoms with E-state index in [1.165, 1.54) is 29.2 Å². The Kier molecular flexibility index (Phi) is 4.82. The van der Waals surface area contributed by atoms with E-state index < -0.39 is 5.91 Å². The van der Waals surface area contributed by atoms with Gasteiger partial charge in [0.25, 0.3) is 5.91 Å². The number of nitrogens with one attached hydrogen (secondary N) is 1. The number of halogens is 1. The van der Waals surface area contributed by atoms with Crippen molar-refractivity contribution in [2.75, 3.05) is 11.5 Å². The second-order valence-corrected chi connectivity index (χ2v) is 6.84. The van der Waals surface area contributed by atoms with Crippen molar-refractivity contribution < 1.29 is 9.18 Å². The number of nitrogens with two attached hydrogens (primary N) is 1. The van der Waals surface area contributed by atoms with Crippen LogP contribution < -0.4 is 11.1 Å². The number of hydrogen-bond acceptors (Lipinski definition) is 5. The first-order valence-corrected chi connectivity index (χ1v) is 8.09. The molecule has 0 atom stereocenters. The summed E-state index contributed by atoms with van der Waals surface area (Å²) in [5, 5.41) is 2.61. The van der Waals surface area contributed by atoms with Crippen LogP contribution in [-0.2, 0) is 0 Å². The fraction of sp³-hybridized carbons (Fsp3) is 0.385. The summed E-state index contributed by atoms with van der Waals surface area (Å²) < 4.78 is 14.5. The molecule has 0 bridgehead atoms. The lowest BCUT2D eigenvalue weighted by atomic mass is 10.0. The van der Waals surface area contributed by atoms with E-state index in [9.17, 15) is 9.18 Å². The molecule has 1 aromatic heterocycles. The van der Waals surface area contributed by atoms with Crippen LogP contribution in [0.1, 0.15) is 36.4 Å². The van der Waals surface area contributed by atoms with Crippen LogP contribution >= 0.6 is 23.1 Å². The number of anilines is 1. The Morgan fingerprint density at radius 2 is 2.40 bits per heavy atom. The predicted octanol–water partition coefficient (Wildman–Crippen LogP) is 3.49. The number of thioether (sulfide) groups is 1. The molecule has 2 rings (SSSR count). The van der Waals surface area contributed by atoms with E-state index in [0.29, 0.717) is 11.3 Å². The van der Waals surface area contributed by atoms with Gasteiger partial charge in [0, 0.05) is 0 Å². The van der Waals surface area contributed by atoms with E-state index in [1.807, 2.05) is 13.8 Å². The summed E-state index contributed by atoms with van der Waals surface area (Å²) >= 11 is 2.76. The molecular formula is C13H16FN3OS2. The highest BCUT2D eigenvalue weighted by atomic mass is 32.2. The van der Waals surface area contributed by atoms with Crippen LogP contribution in [0.15, 0.2) is 27.5 Å². The number of hydrogen-bond donors (Lipinski definition) is 2. The standard InChI is InChI=1S/C13H16FN3OS2/c1-3-19-13-17-11(15)10(20-13)12(18)16-9-7(2)5-4-6-8(9)14/h6H,3-5,15H2,1-2H3,(H,16,18). The Hall–Kier alpha value is -1.34. The van der Waals surface area contributed by atoms with Crippen LogP contribution in [0.5, 0.6) is 0 Å². The molecule has 20 heavy (non-hydrogen) atoms. The second-order valence-electron chi connectivity index (χ2n) is 4.33. The molecule has 4 nitrogen and oxygen atoms in total. The third-order valence-electron chi connectivity index (χ3n) is 2.85. The van der Waals surface area contributed by atoms with Crippen molar-refractivity contribution in [3.05, 3.63) is 28.1 Å². The molecule has 1 aromatic rings. The van der Waals surface area contributed by atoms with E-state index in [-0.39, 0.29) is 17.3 Å². The number of nitrogen functional groups attached to an aromatic ring is 1. The maximum atomic E-state index is 13.7. The molecule has 0 unspecified atom stereocenters. The topological polar surface area (TPSA) is 68.0 Å². The number of carbonyl (C=O) groups excluding carboxylic acids is 1. The highest BCUT2D eigenvalue weighted by Gasteiger charge is 2.21. The van der Waals surface area contributed by atoms with Crippen LogP contribution in [0.3, 0.4) is 0 Å². The molecule has 0 fully saturated rings. The smallest absolute Gasteiger partial charge is 0.269 e. The van der Waals surface area contributed by atoms with Gasteiger partial charge in [-0.2, -0.15) is 0 Å². The SMILES string of the molecule is CCSc1nc(N)c(C(=O)NC2=C(C)CCC=C2F)s1. The minimum Gasteiger partial charge on any atom is -0.382 e. The molecule has 0 aliphatic heterocycles. The summed E-state index contributed by atoms with van der Waals surface area (Å²) in [6.07, 6.45) is 2.90. The summed E-state index contributed by atoms with van der Waals surface area (Å²) in [5.41, 5.74) is 6.85. The lowest BCUT2D eigenvalue weighted by Crippen LogP contribution is -2.25. The number of rotatable bonds is 4.